The summed E-state index contributed by atoms with van der Waals surface area (Å²) < 4.78 is 31.9. The predicted molar refractivity (Wildman–Crippen MR) is 103 cm³/mol. The van der Waals surface area contributed by atoms with Crippen molar-refractivity contribution in [2.24, 2.45) is 5.92 Å². The van der Waals surface area contributed by atoms with Crippen LogP contribution in [0.5, 0.6) is 0 Å². The Morgan fingerprint density at radius 2 is 2.07 bits per heavy atom. The molecular weight excluding hydrogens is 388 g/mol. The van der Waals surface area contributed by atoms with Gasteiger partial charge in [-0.1, -0.05) is 37.7 Å². The van der Waals surface area contributed by atoms with Crippen LogP contribution in [0.2, 0.25) is 0 Å². The molecular formula is C19H23F2N3O3S. The second-order valence-corrected chi connectivity index (χ2v) is 7.51. The Labute approximate surface area is 166 Å². The van der Waals surface area contributed by atoms with E-state index in [9.17, 15) is 18.7 Å². The largest absolute Gasteiger partial charge is 0.464 e. The van der Waals surface area contributed by atoms with Crippen molar-refractivity contribution >= 4 is 23.5 Å². The third-order valence-electron chi connectivity index (χ3n) is 3.82. The number of aliphatic hydroxyl groups is 1. The summed E-state index contributed by atoms with van der Waals surface area (Å²) in [4.78, 5) is 20.4. The van der Waals surface area contributed by atoms with Gasteiger partial charge in [-0.05, 0) is 18.4 Å². The minimum absolute atomic E-state index is 0.0310. The molecule has 9 heteroatoms. The van der Waals surface area contributed by atoms with Gasteiger partial charge in [0.15, 0.2) is 22.5 Å². The average Bonchev–Trinajstić information content (AvgIpc) is 2.67. The molecule has 0 bridgehead atoms. The first kappa shape index (κ1) is 22.0. The number of halogens is 2. The van der Waals surface area contributed by atoms with Crippen molar-refractivity contribution in [1.29, 1.82) is 0 Å². The maximum absolute atomic E-state index is 13.8. The normalized spacial score (nSPS) is 12.1. The number of anilines is 1. The molecule has 0 fully saturated rings. The minimum atomic E-state index is -0.927. The summed E-state index contributed by atoms with van der Waals surface area (Å²) in [6.07, 6.45) is 0.699. The van der Waals surface area contributed by atoms with Crippen molar-refractivity contribution < 1.29 is 23.4 Å². The lowest BCUT2D eigenvalue weighted by atomic mass is 10.0. The molecule has 1 atom stereocenters. The minimum Gasteiger partial charge on any atom is -0.464 e. The van der Waals surface area contributed by atoms with E-state index < -0.39 is 17.6 Å². The number of carbonyl (C=O) groups excluding carboxylic acids is 1. The number of aliphatic hydroxyl groups excluding tert-OH is 1. The van der Waals surface area contributed by atoms with Crippen LogP contribution < -0.4 is 5.32 Å². The zero-order valence-electron chi connectivity index (χ0n) is 15.9. The number of hydrogen-bond donors (Lipinski definition) is 2. The van der Waals surface area contributed by atoms with E-state index in [0.717, 1.165) is 17.8 Å². The number of benzene rings is 1. The van der Waals surface area contributed by atoms with E-state index in [1.807, 2.05) is 13.8 Å². The number of aromatic nitrogens is 2. The first-order valence-electron chi connectivity index (χ1n) is 8.74. The van der Waals surface area contributed by atoms with Crippen LogP contribution in [0, 0.1) is 17.6 Å². The molecule has 0 unspecified atom stereocenters. The van der Waals surface area contributed by atoms with Crippen LogP contribution in [0.25, 0.3) is 0 Å². The van der Waals surface area contributed by atoms with Crippen molar-refractivity contribution in [2.45, 2.75) is 37.2 Å². The molecule has 0 aliphatic heterocycles. The van der Waals surface area contributed by atoms with Gasteiger partial charge in [-0.3, -0.25) is 0 Å². The highest BCUT2D eigenvalue weighted by Gasteiger charge is 2.17. The fourth-order valence-electron chi connectivity index (χ4n) is 2.53. The van der Waals surface area contributed by atoms with E-state index in [4.69, 9.17) is 4.74 Å². The second kappa shape index (κ2) is 10.3. The molecule has 0 saturated carbocycles. The van der Waals surface area contributed by atoms with Gasteiger partial charge in [0.05, 0.1) is 19.8 Å². The Kier molecular flexibility index (Phi) is 8.13. The van der Waals surface area contributed by atoms with E-state index in [2.05, 4.69) is 15.3 Å². The highest BCUT2D eigenvalue weighted by molar-refractivity contribution is 7.98. The molecule has 0 aliphatic rings. The summed E-state index contributed by atoms with van der Waals surface area (Å²) in [5, 5.41) is 12.8. The van der Waals surface area contributed by atoms with Crippen LogP contribution in [-0.4, -0.2) is 40.8 Å². The Bertz CT molecular complexity index is 821. The van der Waals surface area contributed by atoms with Crippen LogP contribution >= 0.6 is 11.8 Å². The molecule has 0 saturated heterocycles. The highest BCUT2D eigenvalue weighted by atomic mass is 32.2. The topological polar surface area (TPSA) is 84.3 Å². The molecule has 1 aromatic carbocycles. The lowest BCUT2D eigenvalue weighted by molar-refractivity contribution is 0.0593. The molecule has 1 aromatic heterocycles. The number of esters is 1. The van der Waals surface area contributed by atoms with Gasteiger partial charge in [0.25, 0.3) is 0 Å². The molecule has 0 amide bonds. The van der Waals surface area contributed by atoms with Crippen molar-refractivity contribution in [3.63, 3.8) is 0 Å². The number of nitrogens with zero attached hydrogens (tertiary/aromatic N) is 2. The zero-order chi connectivity index (χ0) is 20.7. The molecule has 0 radical (unpaired) electrons. The smallest absolute Gasteiger partial charge is 0.356 e. The number of carbonyl (C=O) groups is 1. The average molecular weight is 411 g/mol. The number of hydrogen-bond acceptors (Lipinski definition) is 7. The van der Waals surface area contributed by atoms with Gasteiger partial charge >= 0.3 is 5.97 Å². The van der Waals surface area contributed by atoms with Crippen LogP contribution in [0.1, 0.15) is 36.3 Å². The van der Waals surface area contributed by atoms with E-state index in [0.29, 0.717) is 18.2 Å². The Balaban J connectivity index is 2.24. The van der Waals surface area contributed by atoms with Gasteiger partial charge in [0.2, 0.25) is 0 Å². The maximum atomic E-state index is 13.8. The van der Waals surface area contributed by atoms with Crippen LogP contribution in [-0.2, 0) is 10.5 Å². The van der Waals surface area contributed by atoms with Gasteiger partial charge in [-0.15, -0.1) is 0 Å². The first-order chi connectivity index (χ1) is 13.3. The highest BCUT2D eigenvalue weighted by Crippen LogP contribution is 2.24. The second-order valence-electron chi connectivity index (χ2n) is 6.57. The zero-order valence-corrected chi connectivity index (χ0v) is 16.7. The first-order valence-corrected chi connectivity index (χ1v) is 9.73. The van der Waals surface area contributed by atoms with Crippen LogP contribution in [0.3, 0.4) is 0 Å². The van der Waals surface area contributed by atoms with Crippen LogP contribution in [0.15, 0.2) is 29.4 Å². The molecule has 2 rings (SSSR count). The van der Waals surface area contributed by atoms with Gasteiger partial charge in [0.1, 0.15) is 5.82 Å². The number of nitrogens with one attached hydrogen (secondary N) is 1. The standard InChI is InChI=1S/C19H23F2N3O3S/c1-11(2)7-13(9-25)22-16-8-15(18(26)27-3)23-19(24-16)28-10-12-5-4-6-14(20)17(12)21/h4-6,8,11,13,25H,7,9-10H2,1-3H3,(H,22,23,24)/t13-/m1/s1. The molecule has 6 nitrogen and oxygen atoms in total. The molecule has 2 aromatic rings. The molecule has 2 N–H and O–H groups in total. The third kappa shape index (κ3) is 6.13. The van der Waals surface area contributed by atoms with Crippen molar-refractivity contribution in [3.05, 3.63) is 47.2 Å². The van der Waals surface area contributed by atoms with Crippen molar-refractivity contribution in [2.75, 3.05) is 19.0 Å². The SMILES string of the molecule is COC(=O)c1cc(N[C@@H](CO)CC(C)C)nc(SCc2cccc(F)c2F)n1. The lowest BCUT2D eigenvalue weighted by Gasteiger charge is -2.19. The van der Waals surface area contributed by atoms with Crippen LogP contribution in [0.4, 0.5) is 14.6 Å². The summed E-state index contributed by atoms with van der Waals surface area (Å²) in [7, 11) is 1.24. The fourth-order valence-corrected chi connectivity index (χ4v) is 3.37. The summed E-state index contributed by atoms with van der Waals surface area (Å²) >= 11 is 1.06. The van der Waals surface area contributed by atoms with E-state index >= 15 is 0 Å². The number of thioether (sulfide) groups is 1. The monoisotopic (exact) mass is 411 g/mol. The maximum Gasteiger partial charge on any atom is 0.356 e. The van der Waals surface area contributed by atoms with E-state index in [1.165, 1.54) is 25.3 Å². The number of rotatable bonds is 9. The Morgan fingerprint density at radius 3 is 2.71 bits per heavy atom. The Hall–Kier alpha value is -2.26. The van der Waals surface area contributed by atoms with Crippen molar-refractivity contribution in [3.8, 4) is 0 Å². The summed E-state index contributed by atoms with van der Waals surface area (Å²) in [6.45, 7) is 3.95. The molecule has 1 heterocycles. The Morgan fingerprint density at radius 1 is 1.32 bits per heavy atom. The third-order valence-corrected chi connectivity index (χ3v) is 4.71. The lowest BCUT2D eigenvalue weighted by Crippen LogP contribution is -2.26. The van der Waals surface area contributed by atoms with Gasteiger partial charge in [0, 0.05) is 17.4 Å². The number of methoxy groups -OCH3 is 1. The van der Waals surface area contributed by atoms with Crippen molar-refractivity contribution in [1.82, 2.24) is 9.97 Å². The van der Waals surface area contributed by atoms with Gasteiger partial charge in [-0.25, -0.2) is 23.5 Å². The summed E-state index contributed by atoms with van der Waals surface area (Å²) in [5.41, 5.74) is 0.197. The number of ether oxygens (including phenoxy) is 1. The summed E-state index contributed by atoms with van der Waals surface area (Å²) in [5.74, 6) is -1.72. The molecule has 28 heavy (non-hydrogen) atoms. The van der Waals surface area contributed by atoms with E-state index in [1.54, 1.807) is 0 Å². The molecule has 152 valence electrons. The predicted octanol–water partition coefficient (Wildman–Crippen LogP) is 3.65. The molecule has 0 spiro atoms. The molecule has 0 aliphatic carbocycles. The van der Waals surface area contributed by atoms with Gasteiger partial charge < -0.3 is 15.2 Å². The van der Waals surface area contributed by atoms with Gasteiger partial charge in [-0.2, -0.15) is 0 Å². The quantitative estimate of drug-likeness (QED) is 0.370. The fraction of sp³-hybridized carbons (Fsp3) is 0.421. The summed E-state index contributed by atoms with van der Waals surface area (Å²) in [6, 6.07) is 5.12. The van der Waals surface area contributed by atoms with E-state index in [-0.39, 0.29) is 34.8 Å².